The summed E-state index contributed by atoms with van der Waals surface area (Å²) in [6, 6.07) is 30.0. The van der Waals surface area contributed by atoms with Crippen LogP contribution in [0.25, 0.3) is 44.2 Å². The Bertz CT molecular complexity index is 1600. The van der Waals surface area contributed by atoms with Crippen molar-refractivity contribution in [2.75, 3.05) is 23.7 Å². The van der Waals surface area contributed by atoms with Crippen molar-refractivity contribution >= 4 is 56.6 Å². The van der Waals surface area contributed by atoms with E-state index in [2.05, 4.69) is 112 Å². The number of aromatic nitrogens is 2. The summed E-state index contributed by atoms with van der Waals surface area (Å²) in [6.45, 7) is 0. The molecular formula is C29H24N4S2. The van der Waals surface area contributed by atoms with E-state index in [1.165, 1.54) is 20.7 Å². The predicted octanol–water partition coefficient (Wildman–Crippen LogP) is 8.30. The summed E-state index contributed by atoms with van der Waals surface area (Å²) < 4.78 is 3.49. The molecule has 0 aliphatic carbocycles. The van der Waals surface area contributed by atoms with Gasteiger partial charge in [-0.15, -0.1) is 11.3 Å². The summed E-state index contributed by atoms with van der Waals surface area (Å²) in [7, 11) is 4.06. The quantitative estimate of drug-likeness (QED) is 0.230. The number of hydrogen-bond donors (Lipinski definition) is 2. The number of hydrogen-bond acceptors (Lipinski definition) is 5. The molecule has 2 N–H and O–H groups in total. The molecule has 0 amide bonds. The lowest BCUT2D eigenvalue weighted by molar-refractivity contribution is 1.34. The Balaban J connectivity index is 1.58. The molecule has 0 radical (unpaired) electrons. The summed E-state index contributed by atoms with van der Waals surface area (Å²) in [6.07, 6.45) is 1.99. The minimum absolute atomic E-state index is 0.903. The normalized spacial score (nSPS) is 11.3. The SMILES string of the molecule is CNc1ccc(-c2cnc3[nH]c4ccc(N(C)Sc5cccs5)cc4c3c2-c2ccccc2)cc1. The molecule has 35 heavy (non-hydrogen) atoms. The minimum Gasteiger partial charge on any atom is -0.388 e. The van der Waals surface area contributed by atoms with Crippen LogP contribution in [0.2, 0.25) is 0 Å². The maximum absolute atomic E-state index is 4.87. The number of aromatic amines is 1. The molecule has 0 aliphatic rings. The summed E-state index contributed by atoms with van der Waals surface area (Å²) in [5.41, 5.74) is 8.88. The van der Waals surface area contributed by atoms with Gasteiger partial charge in [-0.1, -0.05) is 48.5 Å². The van der Waals surface area contributed by atoms with Crippen LogP contribution < -0.4 is 9.62 Å². The smallest absolute Gasteiger partial charge is 0.138 e. The van der Waals surface area contributed by atoms with Crippen LogP contribution in [0.1, 0.15) is 0 Å². The van der Waals surface area contributed by atoms with E-state index in [1.807, 2.05) is 13.2 Å². The van der Waals surface area contributed by atoms with Gasteiger partial charge in [-0.2, -0.15) is 0 Å². The predicted molar refractivity (Wildman–Crippen MR) is 153 cm³/mol. The lowest BCUT2D eigenvalue weighted by atomic mass is 9.92. The van der Waals surface area contributed by atoms with Crippen molar-refractivity contribution < 1.29 is 0 Å². The molecule has 0 spiro atoms. The highest BCUT2D eigenvalue weighted by Gasteiger charge is 2.18. The fraction of sp³-hybridized carbons (Fsp3) is 0.0690. The molecule has 6 aromatic rings. The zero-order valence-electron chi connectivity index (χ0n) is 19.4. The second kappa shape index (κ2) is 9.13. The molecule has 3 heterocycles. The highest BCUT2D eigenvalue weighted by Crippen LogP contribution is 2.42. The van der Waals surface area contributed by atoms with Crippen LogP contribution in [-0.2, 0) is 0 Å². The van der Waals surface area contributed by atoms with Gasteiger partial charge in [0.05, 0.1) is 4.21 Å². The van der Waals surface area contributed by atoms with Gasteiger partial charge in [0.15, 0.2) is 0 Å². The van der Waals surface area contributed by atoms with Crippen molar-refractivity contribution in [1.29, 1.82) is 0 Å². The lowest BCUT2D eigenvalue weighted by Crippen LogP contribution is -2.04. The molecule has 3 aromatic heterocycles. The second-order valence-electron chi connectivity index (χ2n) is 8.34. The molecule has 4 nitrogen and oxygen atoms in total. The first-order valence-electron chi connectivity index (χ1n) is 11.4. The van der Waals surface area contributed by atoms with Gasteiger partial charge in [0.25, 0.3) is 0 Å². The molecule has 3 aromatic carbocycles. The van der Waals surface area contributed by atoms with Gasteiger partial charge in [-0.25, -0.2) is 4.98 Å². The lowest BCUT2D eigenvalue weighted by Gasteiger charge is -2.17. The van der Waals surface area contributed by atoms with Crippen molar-refractivity contribution in [2.45, 2.75) is 4.21 Å². The van der Waals surface area contributed by atoms with Crippen LogP contribution in [0, 0.1) is 0 Å². The Morgan fingerprint density at radius 3 is 2.49 bits per heavy atom. The third kappa shape index (κ3) is 4.05. The highest BCUT2D eigenvalue weighted by atomic mass is 32.2. The molecule has 0 bridgehead atoms. The van der Waals surface area contributed by atoms with Crippen molar-refractivity contribution in [3.63, 3.8) is 0 Å². The number of anilines is 2. The zero-order chi connectivity index (χ0) is 23.8. The van der Waals surface area contributed by atoms with Crippen molar-refractivity contribution in [1.82, 2.24) is 9.97 Å². The number of nitrogens with zero attached hydrogens (tertiary/aromatic N) is 2. The molecule has 172 valence electrons. The first kappa shape index (κ1) is 21.8. The van der Waals surface area contributed by atoms with E-state index in [0.717, 1.165) is 39.1 Å². The Kier molecular flexibility index (Phi) is 5.68. The first-order chi connectivity index (χ1) is 17.2. The number of H-pyrrole nitrogens is 1. The van der Waals surface area contributed by atoms with Crippen LogP contribution in [0.5, 0.6) is 0 Å². The number of fused-ring (bicyclic) bond motifs is 3. The molecule has 6 rings (SSSR count). The largest absolute Gasteiger partial charge is 0.388 e. The van der Waals surface area contributed by atoms with Crippen molar-refractivity contribution in [3.05, 3.63) is 96.5 Å². The monoisotopic (exact) mass is 492 g/mol. The summed E-state index contributed by atoms with van der Waals surface area (Å²) in [5, 5.41) is 7.65. The number of rotatable bonds is 6. The van der Waals surface area contributed by atoms with E-state index in [9.17, 15) is 0 Å². The van der Waals surface area contributed by atoms with E-state index in [4.69, 9.17) is 4.98 Å². The van der Waals surface area contributed by atoms with Crippen LogP contribution >= 0.6 is 23.3 Å². The third-order valence-electron chi connectivity index (χ3n) is 6.24. The maximum Gasteiger partial charge on any atom is 0.138 e. The Labute approximate surface area is 212 Å². The van der Waals surface area contributed by atoms with E-state index >= 15 is 0 Å². The first-order valence-corrected chi connectivity index (χ1v) is 13.1. The van der Waals surface area contributed by atoms with Gasteiger partial charge < -0.3 is 14.6 Å². The Morgan fingerprint density at radius 1 is 0.914 bits per heavy atom. The van der Waals surface area contributed by atoms with E-state index in [1.54, 1.807) is 23.3 Å². The van der Waals surface area contributed by atoms with Gasteiger partial charge in [-0.3, -0.25) is 0 Å². The standard InChI is InChI=1S/C29H24N4S2/c1-30-21-12-10-19(11-13-21)24-18-31-29-28(27(24)20-7-4-3-5-8-20)23-17-22(14-15-25(23)32-29)33(2)35-26-9-6-16-34-26/h3-18,30H,1-2H3,(H,31,32). The molecule has 6 heteroatoms. The molecule has 0 atom stereocenters. The minimum atomic E-state index is 0.903. The van der Waals surface area contributed by atoms with Gasteiger partial charge in [0.2, 0.25) is 0 Å². The molecule has 0 saturated heterocycles. The Hall–Kier alpha value is -3.74. The van der Waals surface area contributed by atoms with Gasteiger partial charge in [0, 0.05) is 59.1 Å². The number of benzene rings is 3. The van der Waals surface area contributed by atoms with Crippen molar-refractivity contribution in [2.24, 2.45) is 0 Å². The van der Waals surface area contributed by atoms with Gasteiger partial charge in [-0.05, 0) is 64.9 Å². The second-order valence-corrected chi connectivity index (χ2v) is 10.7. The van der Waals surface area contributed by atoms with E-state index in [0.29, 0.717) is 0 Å². The fourth-order valence-corrected chi connectivity index (χ4v) is 6.23. The van der Waals surface area contributed by atoms with Gasteiger partial charge >= 0.3 is 0 Å². The summed E-state index contributed by atoms with van der Waals surface area (Å²) in [4.78, 5) is 8.42. The fourth-order valence-electron chi connectivity index (χ4n) is 4.48. The number of thiophene rings is 1. The number of nitrogens with one attached hydrogen (secondary N) is 2. The summed E-state index contributed by atoms with van der Waals surface area (Å²) in [5.74, 6) is 0. The average Bonchev–Trinajstić information content (AvgIpc) is 3.56. The number of pyridine rings is 1. The maximum atomic E-state index is 4.87. The average molecular weight is 493 g/mol. The van der Waals surface area contributed by atoms with Crippen LogP contribution in [0.3, 0.4) is 0 Å². The van der Waals surface area contributed by atoms with Crippen LogP contribution in [0.15, 0.2) is 101 Å². The highest BCUT2D eigenvalue weighted by molar-refractivity contribution is 8.02. The molecule has 0 saturated carbocycles. The van der Waals surface area contributed by atoms with Crippen LogP contribution in [0.4, 0.5) is 11.4 Å². The summed E-state index contributed by atoms with van der Waals surface area (Å²) >= 11 is 3.50. The topological polar surface area (TPSA) is 44.0 Å². The van der Waals surface area contributed by atoms with E-state index < -0.39 is 0 Å². The van der Waals surface area contributed by atoms with Crippen LogP contribution in [-0.4, -0.2) is 24.1 Å². The van der Waals surface area contributed by atoms with Gasteiger partial charge in [0.1, 0.15) is 5.65 Å². The third-order valence-corrected chi connectivity index (χ3v) is 8.21. The molecule has 0 aliphatic heterocycles. The molecule has 0 unspecified atom stereocenters. The molecule has 0 fully saturated rings. The van der Waals surface area contributed by atoms with E-state index in [-0.39, 0.29) is 0 Å². The molecular weight excluding hydrogens is 468 g/mol. The Morgan fingerprint density at radius 2 is 1.74 bits per heavy atom. The van der Waals surface area contributed by atoms with Crippen molar-refractivity contribution in [3.8, 4) is 22.3 Å². The zero-order valence-corrected chi connectivity index (χ0v) is 21.1.